The summed E-state index contributed by atoms with van der Waals surface area (Å²) < 4.78 is 40.6. The average molecular weight is 466 g/mol. The number of methoxy groups -OCH3 is 2. The molecule has 0 saturated heterocycles. The molecule has 178 valence electrons. The molecule has 14 heteroatoms. The normalized spacial score (nSPS) is 12.3. The Kier molecular flexibility index (Phi) is 11.4. The third-order valence-electron chi connectivity index (χ3n) is 3.71. The molecule has 0 heterocycles. The Morgan fingerprint density at radius 3 is 1.91 bits per heavy atom. The van der Waals surface area contributed by atoms with Gasteiger partial charge in [0.25, 0.3) is 0 Å². The second-order valence-corrected chi connectivity index (χ2v) is 5.99. The topological polar surface area (TPSA) is 178 Å². The van der Waals surface area contributed by atoms with Gasteiger partial charge in [-0.2, -0.15) is 13.2 Å². The van der Waals surface area contributed by atoms with Crippen LogP contribution in [0.1, 0.15) is 5.56 Å². The van der Waals surface area contributed by atoms with Crippen molar-refractivity contribution in [3.05, 3.63) is 35.9 Å². The summed E-state index contributed by atoms with van der Waals surface area (Å²) in [6, 6.07) is 7.28. The number of hydrogen-bond donors (Lipinski definition) is 2. The Labute approximate surface area is 179 Å². The number of halogens is 3. The minimum atomic E-state index is -5.19. The van der Waals surface area contributed by atoms with Gasteiger partial charge in [0.1, 0.15) is 12.5 Å². The third-order valence-corrected chi connectivity index (χ3v) is 3.71. The van der Waals surface area contributed by atoms with Crippen molar-refractivity contribution in [3.8, 4) is 0 Å². The second-order valence-electron chi connectivity index (χ2n) is 5.99. The van der Waals surface area contributed by atoms with Crippen LogP contribution >= 0.6 is 0 Å². The van der Waals surface area contributed by atoms with Crippen LogP contribution in [0.3, 0.4) is 0 Å². The summed E-state index contributed by atoms with van der Waals surface area (Å²) in [7, 11) is 2.16. The zero-order valence-corrected chi connectivity index (χ0v) is 17.0. The number of carboxylic acid groups (broad SMARTS) is 2. The molecule has 0 radical (unpaired) electrons. The maximum Gasteiger partial charge on any atom is 0.430 e. The number of carbonyl (C=O) groups excluding carboxylic acids is 4. The number of hydrogen-bond acceptors (Lipinski definition) is 8. The first-order valence-corrected chi connectivity index (χ1v) is 8.57. The highest BCUT2D eigenvalue weighted by Gasteiger charge is 2.44. The van der Waals surface area contributed by atoms with Crippen molar-refractivity contribution < 1.29 is 62.6 Å². The van der Waals surface area contributed by atoms with Crippen molar-refractivity contribution in [2.45, 2.75) is 18.8 Å². The maximum absolute atomic E-state index is 12.8. The van der Waals surface area contributed by atoms with E-state index < -0.39 is 54.5 Å². The molecule has 1 rings (SSSR count). The van der Waals surface area contributed by atoms with Gasteiger partial charge in [-0.1, -0.05) is 30.3 Å². The van der Waals surface area contributed by atoms with Gasteiger partial charge < -0.3 is 35.1 Å². The predicted octanol–water partition coefficient (Wildman–Crippen LogP) is -2.03. The summed E-state index contributed by atoms with van der Waals surface area (Å²) in [6.07, 6.45) is -5.19. The number of ether oxygens (including phenoxy) is 2. The lowest BCUT2D eigenvalue weighted by Gasteiger charge is -2.25. The van der Waals surface area contributed by atoms with Gasteiger partial charge >= 0.3 is 24.1 Å². The van der Waals surface area contributed by atoms with Gasteiger partial charge in [0.2, 0.25) is 11.9 Å². The number of carbonyl (C=O) groups is 5. The quantitative estimate of drug-likeness (QED) is 0.323. The Bertz CT molecular complexity index is 816. The van der Waals surface area contributed by atoms with Crippen LogP contribution in [0.25, 0.3) is 0 Å². The van der Waals surface area contributed by atoms with E-state index in [2.05, 4.69) is 15.2 Å². The predicted molar refractivity (Wildman–Crippen MR) is 94.8 cm³/mol. The van der Waals surface area contributed by atoms with E-state index >= 15 is 0 Å². The number of carboxylic acids is 2. The first-order valence-electron chi connectivity index (χ1n) is 8.57. The lowest BCUT2D eigenvalue weighted by molar-refractivity contribution is -0.415. The average Bonchev–Trinajstić information content (AvgIpc) is 2.72. The van der Waals surface area contributed by atoms with Gasteiger partial charge in [-0.25, -0.2) is 4.79 Å². The molecule has 0 saturated carbocycles. The highest BCUT2D eigenvalue weighted by Crippen LogP contribution is 2.14. The van der Waals surface area contributed by atoms with Crippen molar-refractivity contribution in [1.82, 2.24) is 4.90 Å². The summed E-state index contributed by atoms with van der Waals surface area (Å²) in [5.41, 5.74) is 4.16. The molecule has 0 aliphatic heterocycles. The number of amides is 1. The van der Waals surface area contributed by atoms with Crippen LogP contribution in [0.2, 0.25) is 0 Å². The first kappa shape index (κ1) is 28.3. The SMILES string of the molecule is COC(=O)C([NH3+])C(C(=O)OC)C(=O)N(CC(=O)O)Cc1ccccc1.O=C([O-])C(F)(F)F. The first-order chi connectivity index (χ1) is 14.8. The summed E-state index contributed by atoms with van der Waals surface area (Å²) in [5, 5.41) is 17.8. The van der Waals surface area contributed by atoms with Crippen molar-refractivity contribution in [2.24, 2.45) is 5.92 Å². The number of nitrogens with zero attached hydrogens (tertiary/aromatic N) is 1. The fourth-order valence-corrected chi connectivity index (χ4v) is 2.23. The Morgan fingerprint density at radius 2 is 1.53 bits per heavy atom. The molecular weight excluding hydrogens is 445 g/mol. The second kappa shape index (κ2) is 12.9. The van der Waals surface area contributed by atoms with Crippen molar-refractivity contribution in [3.63, 3.8) is 0 Å². The summed E-state index contributed by atoms with van der Waals surface area (Å²) in [5.74, 6) is -8.60. The smallest absolute Gasteiger partial charge is 0.430 e. The molecule has 0 fully saturated rings. The molecule has 11 nitrogen and oxygen atoms in total. The van der Waals surface area contributed by atoms with Crippen molar-refractivity contribution >= 4 is 29.8 Å². The molecule has 2 atom stereocenters. The summed E-state index contributed by atoms with van der Waals surface area (Å²) in [6.45, 7) is -0.692. The fraction of sp³-hybridized carbons (Fsp3) is 0.389. The monoisotopic (exact) mass is 466 g/mol. The van der Waals surface area contributed by atoms with Gasteiger partial charge in [-0.05, 0) is 5.56 Å². The van der Waals surface area contributed by atoms with E-state index in [0.717, 1.165) is 19.1 Å². The minimum absolute atomic E-state index is 0.0483. The molecule has 1 aromatic carbocycles. The molecule has 1 aromatic rings. The van der Waals surface area contributed by atoms with Crippen LogP contribution in [-0.4, -0.2) is 72.8 Å². The van der Waals surface area contributed by atoms with E-state index in [0.29, 0.717) is 5.56 Å². The van der Waals surface area contributed by atoms with Gasteiger partial charge in [0.05, 0.1) is 14.2 Å². The fourth-order valence-electron chi connectivity index (χ4n) is 2.23. The lowest BCUT2D eigenvalue weighted by Crippen LogP contribution is -2.72. The van der Waals surface area contributed by atoms with Gasteiger partial charge in [0.15, 0.2) is 5.92 Å². The molecule has 4 N–H and O–H groups in total. The van der Waals surface area contributed by atoms with Gasteiger partial charge in [-0.15, -0.1) is 0 Å². The largest absolute Gasteiger partial charge is 0.542 e. The van der Waals surface area contributed by atoms with Gasteiger partial charge in [0, 0.05) is 6.54 Å². The number of rotatable bonds is 8. The maximum atomic E-state index is 12.8. The standard InChI is InChI=1S/C16H20N2O7.C2HF3O2/c1-24-15(22)12(13(17)16(23)25-2)14(21)18(9-11(19)20)8-10-6-4-3-5-7-10;3-2(4,5)1(6)7/h3-7,12-13H,8-9,17H2,1-2H3,(H,19,20);(H,6,7). The number of aliphatic carboxylic acids is 2. The van der Waals surface area contributed by atoms with Crippen molar-refractivity contribution in [2.75, 3.05) is 20.8 Å². The highest BCUT2D eigenvalue weighted by molar-refractivity contribution is 6.02. The molecule has 0 aliphatic rings. The number of benzene rings is 1. The van der Waals surface area contributed by atoms with E-state index in [1.54, 1.807) is 30.3 Å². The van der Waals surface area contributed by atoms with Crippen LogP contribution in [0.15, 0.2) is 30.3 Å². The number of alkyl halides is 3. The van der Waals surface area contributed by atoms with E-state index in [9.17, 15) is 32.3 Å². The molecule has 32 heavy (non-hydrogen) atoms. The van der Waals surface area contributed by atoms with Crippen LogP contribution < -0.4 is 10.8 Å². The lowest BCUT2D eigenvalue weighted by atomic mass is 9.98. The molecule has 2 unspecified atom stereocenters. The summed E-state index contributed by atoms with van der Waals surface area (Å²) >= 11 is 0. The summed E-state index contributed by atoms with van der Waals surface area (Å²) in [4.78, 5) is 57.3. The van der Waals surface area contributed by atoms with Crippen LogP contribution in [0, 0.1) is 5.92 Å². The zero-order valence-electron chi connectivity index (χ0n) is 17.0. The molecular formula is C18H21F3N2O9. The van der Waals surface area contributed by atoms with Crippen LogP contribution in [0.4, 0.5) is 13.2 Å². The van der Waals surface area contributed by atoms with Crippen LogP contribution in [0.5, 0.6) is 0 Å². The molecule has 1 amide bonds. The molecule has 0 aliphatic carbocycles. The van der Waals surface area contributed by atoms with E-state index in [-0.39, 0.29) is 6.54 Å². The van der Waals surface area contributed by atoms with E-state index in [1.807, 2.05) is 0 Å². The molecule has 0 bridgehead atoms. The van der Waals surface area contributed by atoms with E-state index in [1.165, 1.54) is 0 Å². The number of quaternary nitrogens is 1. The zero-order chi connectivity index (χ0) is 25.1. The Hall–Kier alpha value is -3.68. The molecule has 0 spiro atoms. The Morgan fingerprint density at radius 1 is 1.06 bits per heavy atom. The third kappa shape index (κ3) is 9.42. The van der Waals surface area contributed by atoms with E-state index in [4.69, 9.17) is 15.0 Å². The number of esters is 2. The van der Waals surface area contributed by atoms with Crippen LogP contribution in [-0.2, 0) is 40.0 Å². The minimum Gasteiger partial charge on any atom is -0.542 e. The highest BCUT2D eigenvalue weighted by atomic mass is 19.4. The van der Waals surface area contributed by atoms with Crippen molar-refractivity contribution in [1.29, 1.82) is 0 Å². The Balaban J connectivity index is 0.00000118. The molecule has 0 aromatic heterocycles. The van der Waals surface area contributed by atoms with Gasteiger partial charge in [-0.3, -0.25) is 14.4 Å².